The van der Waals surface area contributed by atoms with Gasteiger partial charge in [0.2, 0.25) is 5.91 Å². The summed E-state index contributed by atoms with van der Waals surface area (Å²) in [5.74, 6) is 0.255. The van der Waals surface area contributed by atoms with Gasteiger partial charge in [-0.05, 0) is 52.2 Å². The normalized spacial score (nSPS) is 20.4. The maximum atomic E-state index is 11.9. The highest BCUT2D eigenvalue weighted by atomic mass is 16.1. The van der Waals surface area contributed by atoms with Crippen LogP contribution in [0.15, 0.2) is 0 Å². The lowest BCUT2D eigenvalue weighted by molar-refractivity contribution is -0.125. The average molecular weight is 255 g/mol. The van der Waals surface area contributed by atoms with Crippen molar-refractivity contribution in [2.75, 3.05) is 26.2 Å². The Morgan fingerprint density at radius 2 is 1.94 bits per heavy atom. The zero-order chi connectivity index (χ0) is 13.4. The van der Waals surface area contributed by atoms with E-state index in [0.29, 0.717) is 6.54 Å². The van der Waals surface area contributed by atoms with E-state index in [1.165, 1.54) is 32.4 Å². The molecule has 18 heavy (non-hydrogen) atoms. The molecule has 1 saturated heterocycles. The van der Waals surface area contributed by atoms with Gasteiger partial charge in [0.05, 0.1) is 0 Å². The molecule has 1 fully saturated rings. The monoisotopic (exact) mass is 255 g/mol. The van der Waals surface area contributed by atoms with E-state index in [9.17, 15) is 4.79 Å². The molecule has 0 aromatic heterocycles. The van der Waals surface area contributed by atoms with Gasteiger partial charge in [-0.2, -0.15) is 0 Å². The van der Waals surface area contributed by atoms with Gasteiger partial charge < -0.3 is 16.0 Å². The third-order valence-electron chi connectivity index (χ3n) is 3.66. The second-order valence-electron chi connectivity index (χ2n) is 5.60. The summed E-state index contributed by atoms with van der Waals surface area (Å²) in [6.45, 7) is 8.10. The summed E-state index contributed by atoms with van der Waals surface area (Å²) < 4.78 is 0. The molecule has 0 aromatic rings. The fourth-order valence-corrected chi connectivity index (χ4v) is 2.52. The molecular weight excluding hydrogens is 226 g/mol. The predicted octanol–water partition coefficient (Wildman–Crippen LogP) is 1.35. The first-order valence-corrected chi connectivity index (χ1v) is 7.36. The quantitative estimate of drug-likeness (QED) is 0.722. The molecular formula is C14H29N3O. The van der Waals surface area contributed by atoms with E-state index < -0.39 is 0 Å². The first-order valence-electron chi connectivity index (χ1n) is 7.36. The maximum absolute atomic E-state index is 11.9. The van der Waals surface area contributed by atoms with Gasteiger partial charge in [-0.15, -0.1) is 0 Å². The van der Waals surface area contributed by atoms with E-state index in [2.05, 4.69) is 17.1 Å². The molecule has 0 bridgehead atoms. The van der Waals surface area contributed by atoms with Crippen molar-refractivity contribution >= 4 is 5.91 Å². The van der Waals surface area contributed by atoms with Crippen molar-refractivity contribution < 1.29 is 4.79 Å². The molecule has 1 aliphatic heterocycles. The van der Waals surface area contributed by atoms with Crippen molar-refractivity contribution in [1.29, 1.82) is 0 Å². The number of nitrogens with one attached hydrogen (secondary N) is 1. The van der Waals surface area contributed by atoms with Crippen LogP contribution in [-0.4, -0.2) is 43.0 Å². The van der Waals surface area contributed by atoms with Crippen LogP contribution in [0.1, 0.15) is 46.0 Å². The Morgan fingerprint density at radius 1 is 1.28 bits per heavy atom. The maximum Gasteiger partial charge on any atom is 0.223 e. The van der Waals surface area contributed by atoms with Crippen molar-refractivity contribution in [3.63, 3.8) is 0 Å². The summed E-state index contributed by atoms with van der Waals surface area (Å²) in [4.78, 5) is 14.4. The minimum atomic E-state index is 0.0809. The number of piperidine rings is 1. The molecule has 0 radical (unpaired) electrons. The van der Waals surface area contributed by atoms with Gasteiger partial charge in [-0.1, -0.05) is 13.3 Å². The molecule has 2 unspecified atom stereocenters. The number of carbonyl (C=O) groups is 1. The van der Waals surface area contributed by atoms with Crippen LogP contribution in [0.3, 0.4) is 0 Å². The molecule has 1 aliphatic rings. The molecule has 1 heterocycles. The van der Waals surface area contributed by atoms with Crippen molar-refractivity contribution in [1.82, 2.24) is 10.2 Å². The zero-order valence-corrected chi connectivity index (χ0v) is 12.0. The zero-order valence-electron chi connectivity index (χ0n) is 12.0. The topological polar surface area (TPSA) is 58.4 Å². The van der Waals surface area contributed by atoms with Gasteiger partial charge in [0.1, 0.15) is 0 Å². The molecule has 0 saturated carbocycles. The summed E-state index contributed by atoms with van der Waals surface area (Å²) in [5.41, 5.74) is 5.46. The molecule has 4 nitrogen and oxygen atoms in total. The number of likely N-dealkylation sites (tertiary alicyclic amines) is 1. The average Bonchev–Trinajstić information content (AvgIpc) is 2.36. The highest BCUT2D eigenvalue weighted by Gasteiger charge is 2.17. The summed E-state index contributed by atoms with van der Waals surface area (Å²) in [7, 11) is 0. The van der Waals surface area contributed by atoms with Gasteiger partial charge in [0, 0.05) is 18.5 Å². The van der Waals surface area contributed by atoms with Crippen molar-refractivity contribution in [3.05, 3.63) is 0 Å². The van der Waals surface area contributed by atoms with Gasteiger partial charge in [0.25, 0.3) is 0 Å². The second-order valence-corrected chi connectivity index (χ2v) is 5.60. The van der Waals surface area contributed by atoms with Gasteiger partial charge in [-0.25, -0.2) is 0 Å². The van der Waals surface area contributed by atoms with Crippen molar-refractivity contribution in [3.8, 4) is 0 Å². The Bertz CT molecular complexity index is 239. The SMILES string of the molecule is CC(CN1CCCCC1)NC(=O)C(C)CCCN. The lowest BCUT2D eigenvalue weighted by Crippen LogP contribution is -2.45. The van der Waals surface area contributed by atoms with Crippen LogP contribution in [0.4, 0.5) is 0 Å². The molecule has 2 atom stereocenters. The Hall–Kier alpha value is -0.610. The van der Waals surface area contributed by atoms with Gasteiger partial charge in [0.15, 0.2) is 0 Å². The van der Waals surface area contributed by atoms with Crippen LogP contribution >= 0.6 is 0 Å². The van der Waals surface area contributed by atoms with E-state index in [1.807, 2.05) is 6.92 Å². The smallest absolute Gasteiger partial charge is 0.223 e. The van der Waals surface area contributed by atoms with E-state index in [1.54, 1.807) is 0 Å². The van der Waals surface area contributed by atoms with E-state index in [0.717, 1.165) is 19.4 Å². The second kappa shape index (κ2) is 8.48. The lowest BCUT2D eigenvalue weighted by atomic mass is 10.0. The third-order valence-corrected chi connectivity index (χ3v) is 3.66. The molecule has 1 rings (SSSR count). The largest absolute Gasteiger partial charge is 0.352 e. The van der Waals surface area contributed by atoms with Crippen LogP contribution in [-0.2, 0) is 4.79 Å². The fraction of sp³-hybridized carbons (Fsp3) is 0.929. The fourth-order valence-electron chi connectivity index (χ4n) is 2.52. The molecule has 1 amide bonds. The Kier molecular flexibility index (Phi) is 7.28. The van der Waals surface area contributed by atoms with Crippen molar-refractivity contribution in [2.45, 2.75) is 52.0 Å². The van der Waals surface area contributed by atoms with Crippen LogP contribution in [0.5, 0.6) is 0 Å². The highest BCUT2D eigenvalue weighted by molar-refractivity contribution is 5.78. The number of nitrogens with two attached hydrogens (primary N) is 1. The van der Waals surface area contributed by atoms with E-state index in [-0.39, 0.29) is 17.9 Å². The number of carbonyl (C=O) groups excluding carboxylic acids is 1. The number of hydrogen-bond acceptors (Lipinski definition) is 3. The molecule has 0 aliphatic carbocycles. The van der Waals surface area contributed by atoms with Crippen molar-refractivity contribution in [2.24, 2.45) is 11.7 Å². The van der Waals surface area contributed by atoms with Crippen LogP contribution in [0.2, 0.25) is 0 Å². The summed E-state index contributed by atoms with van der Waals surface area (Å²) >= 11 is 0. The summed E-state index contributed by atoms with van der Waals surface area (Å²) in [5, 5.41) is 3.11. The van der Waals surface area contributed by atoms with E-state index in [4.69, 9.17) is 5.73 Å². The van der Waals surface area contributed by atoms with Crippen LogP contribution < -0.4 is 11.1 Å². The Morgan fingerprint density at radius 3 is 2.56 bits per heavy atom. The number of hydrogen-bond donors (Lipinski definition) is 2. The highest BCUT2D eigenvalue weighted by Crippen LogP contribution is 2.09. The first kappa shape index (κ1) is 15.4. The molecule has 0 spiro atoms. The number of nitrogens with zero attached hydrogens (tertiary/aromatic N) is 1. The summed E-state index contributed by atoms with van der Waals surface area (Å²) in [6.07, 6.45) is 5.77. The number of amides is 1. The standard InChI is InChI=1S/C14H29N3O/c1-12(7-6-8-15)14(18)16-13(2)11-17-9-4-3-5-10-17/h12-13H,3-11,15H2,1-2H3,(H,16,18). The van der Waals surface area contributed by atoms with Gasteiger partial charge >= 0.3 is 0 Å². The Balaban J connectivity index is 2.21. The summed E-state index contributed by atoms with van der Waals surface area (Å²) in [6, 6.07) is 0.246. The lowest BCUT2D eigenvalue weighted by Gasteiger charge is -2.29. The van der Waals surface area contributed by atoms with Gasteiger partial charge in [-0.3, -0.25) is 4.79 Å². The predicted molar refractivity (Wildman–Crippen MR) is 75.3 cm³/mol. The number of rotatable bonds is 7. The van der Waals surface area contributed by atoms with Crippen LogP contribution in [0.25, 0.3) is 0 Å². The van der Waals surface area contributed by atoms with Crippen LogP contribution in [0, 0.1) is 5.92 Å². The molecule has 4 heteroatoms. The molecule has 106 valence electrons. The minimum absolute atomic E-state index is 0.0809. The molecule has 3 N–H and O–H groups in total. The minimum Gasteiger partial charge on any atom is -0.352 e. The van der Waals surface area contributed by atoms with E-state index >= 15 is 0 Å². The first-order chi connectivity index (χ1) is 8.63. The Labute approximate surface area is 111 Å². The molecule has 0 aromatic carbocycles. The third kappa shape index (κ3) is 5.83.